The van der Waals surface area contributed by atoms with Gasteiger partial charge in [-0.1, -0.05) is 27.7 Å². The van der Waals surface area contributed by atoms with Crippen molar-refractivity contribution < 1.29 is 0 Å². The van der Waals surface area contributed by atoms with Crippen molar-refractivity contribution in [3.8, 4) is 11.3 Å². The van der Waals surface area contributed by atoms with Crippen LogP contribution in [0.3, 0.4) is 0 Å². The molecule has 4 nitrogen and oxygen atoms in total. The van der Waals surface area contributed by atoms with E-state index >= 15 is 0 Å². The summed E-state index contributed by atoms with van der Waals surface area (Å²) in [4.78, 5) is 9.82. The second-order valence-electron chi connectivity index (χ2n) is 7.97. The van der Waals surface area contributed by atoms with E-state index in [1.54, 1.807) is 0 Å². The molecule has 0 saturated carbocycles. The lowest BCUT2D eigenvalue weighted by atomic mass is 10.0. The highest BCUT2D eigenvalue weighted by Crippen LogP contribution is 2.30. The zero-order valence-corrected chi connectivity index (χ0v) is 16.8. The quantitative estimate of drug-likeness (QED) is 0.708. The van der Waals surface area contributed by atoms with E-state index in [1.165, 1.54) is 11.1 Å². The molecule has 2 N–H and O–H groups in total. The highest BCUT2D eigenvalue weighted by molar-refractivity contribution is 5.84. The van der Waals surface area contributed by atoms with Gasteiger partial charge in [-0.25, -0.2) is 4.98 Å². The van der Waals surface area contributed by atoms with E-state index in [2.05, 4.69) is 70.5 Å². The molecule has 0 aliphatic carbocycles. The van der Waals surface area contributed by atoms with Crippen molar-refractivity contribution in [2.45, 2.75) is 60.5 Å². The fourth-order valence-electron chi connectivity index (χ4n) is 3.50. The Hall–Kier alpha value is -2.20. The summed E-state index contributed by atoms with van der Waals surface area (Å²) >= 11 is 0. The Morgan fingerprint density at radius 2 is 1.77 bits per heavy atom. The van der Waals surface area contributed by atoms with Crippen LogP contribution in [0.2, 0.25) is 0 Å². The fraction of sp³-hybridized carbons (Fsp3) is 0.455. The number of pyridine rings is 2. The molecule has 0 radical (unpaired) electrons. The number of hydrogen-bond donors (Lipinski definition) is 1. The molecule has 0 aromatic carbocycles. The minimum Gasteiger partial charge on any atom is -0.346 e. The van der Waals surface area contributed by atoms with Crippen LogP contribution in [-0.2, 0) is 13.1 Å². The molecule has 0 atom stereocenters. The molecular formula is C22H30N4. The summed E-state index contributed by atoms with van der Waals surface area (Å²) in [5.41, 5.74) is 14.7. The van der Waals surface area contributed by atoms with E-state index in [1.807, 2.05) is 0 Å². The van der Waals surface area contributed by atoms with E-state index in [-0.39, 0.29) is 0 Å². The van der Waals surface area contributed by atoms with E-state index in [9.17, 15) is 0 Å². The molecule has 0 bridgehead atoms. The van der Waals surface area contributed by atoms with Gasteiger partial charge in [-0.3, -0.25) is 4.98 Å². The first kappa shape index (κ1) is 18.6. The van der Waals surface area contributed by atoms with Crippen molar-refractivity contribution in [2.24, 2.45) is 11.7 Å². The molecule has 0 aliphatic rings. The van der Waals surface area contributed by atoms with Crippen LogP contribution in [0.25, 0.3) is 22.3 Å². The van der Waals surface area contributed by atoms with Crippen LogP contribution in [0, 0.1) is 19.8 Å². The molecule has 0 spiro atoms. The van der Waals surface area contributed by atoms with E-state index in [0.29, 0.717) is 18.4 Å². The van der Waals surface area contributed by atoms with E-state index in [0.717, 1.165) is 40.3 Å². The molecule has 4 heteroatoms. The summed E-state index contributed by atoms with van der Waals surface area (Å²) in [6, 6.07) is 6.48. The largest absolute Gasteiger partial charge is 0.346 e. The third-order valence-electron chi connectivity index (χ3n) is 4.82. The number of nitrogens with zero attached hydrogens (tertiary/aromatic N) is 3. The topological polar surface area (TPSA) is 56.7 Å². The molecule has 26 heavy (non-hydrogen) atoms. The van der Waals surface area contributed by atoms with Gasteiger partial charge in [0.1, 0.15) is 0 Å². The molecule has 0 aliphatic heterocycles. The summed E-state index contributed by atoms with van der Waals surface area (Å²) in [7, 11) is 0. The molecule has 0 amide bonds. The van der Waals surface area contributed by atoms with Crippen LogP contribution in [0.15, 0.2) is 24.4 Å². The molecule has 138 valence electrons. The van der Waals surface area contributed by atoms with E-state index < -0.39 is 0 Å². The number of rotatable bonds is 5. The summed E-state index contributed by atoms with van der Waals surface area (Å²) in [5, 5.41) is 0. The van der Waals surface area contributed by atoms with Crippen molar-refractivity contribution in [1.29, 1.82) is 0 Å². The van der Waals surface area contributed by atoms with Crippen molar-refractivity contribution in [3.05, 3.63) is 46.9 Å². The number of aromatic nitrogens is 3. The number of hydrogen-bond acceptors (Lipinski definition) is 3. The standard InChI is InChI=1S/C22H30N4/c1-13(2)11-26-12-16(6)22-20(26)9-15(5)21(25-22)17-7-8-18(14(3)4)24-19(17)10-23/h7-9,12-14H,10-11,23H2,1-6H3. The molecule has 0 saturated heterocycles. The van der Waals surface area contributed by atoms with Gasteiger partial charge in [-0.05, 0) is 55.0 Å². The Labute approximate surface area is 156 Å². The first-order valence-corrected chi connectivity index (χ1v) is 9.49. The van der Waals surface area contributed by atoms with Crippen LogP contribution >= 0.6 is 0 Å². The molecular weight excluding hydrogens is 320 g/mol. The van der Waals surface area contributed by atoms with Gasteiger partial charge < -0.3 is 10.3 Å². The maximum atomic E-state index is 6.01. The van der Waals surface area contributed by atoms with Crippen LogP contribution in [0.4, 0.5) is 0 Å². The maximum absolute atomic E-state index is 6.01. The van der Waals surface area contributed by atoms with Gasteiger partial charge in [0.2, 0.25) is 0 Å². The van der Waals surface area contributed by atoms with Crippen LogP contribution in [-0.4, -0.2) is 14.5 Å². The Morgan fingerprint density at radius 3 is 2.38 bits per heavy atom. The SMILES string of the molecule is Cc1cc2c(nc1-c1ccc(C(C)C)nc1CN)c(C)cn2CC(C)C. The molecule has 0 unspecified atom stereocenters. The van der Waals surface area contributed by atoms with Crippen molar-refractivity contribution >= 4 is 11.0 Å². The highest BCUT2D eigenvalue weighted by Gasteiger charge is 2.16. The van der Waals surface area contributed by atoms with Crippen LogP contribution in [0.1, 0.15) is 56.1 Å². The normalized spacial score (nSPS) is 11.9. The third kappa shape index (κ3) is 3.38. The number of fused-ring (bicyclic) bond motifs is 1. The Balaban J connectivity index is 2.17. The maximum Gasteiger partial charge on any atom is 0.0917 e. The van der Waals surface area contributed by atoms with Crippen molar-refractivity contribution in [2.75, 3.05) is 0 Å². The molecule has 3 rings (SSSR count). The highest BCUT2D eigenvalue weighted by atomic mass is 15.0. The second kappa shape index (κ2) is 7.20. The smallest absolute Gasteiger partial charge is 0.0917 e. The van der Waals surface area contributed by atoms with Gasteiger partial charge in [0.25, 0.3) is 0 Å². The molecule has 0 fully saturated rings. The average molecular weight is 351 g/mol. The first-order valence-electron chi connectivity index (χ1n) is 9.49. The van der Waals surface area contributed by atoms with Gasteiger partial charge in [0.05, 0.1) is 22.4 Å². The summed E-state index contributed by atoms with van der Waals surface area (Å²) < 4.78 is 2.32. The van der Waals surface area contributed by atoms with Crippen LogP contribution in [0.5, 0.6) is 0 Å². The Morgan fingerprint density at radius 1 is 1.04 bits per heavy atom. The summed E-state index contributed by atoms with van der Waals surface area (Å²) in [6.07, 6.45) is 2.21. The second-order valence-corrected chi connectivity index (χ2v) is 7.97. The lowest BCUT2D eigenvalue weighted by Crippen LogP contribution is -2.07. The average Bonchev–Trinajstić information content (AvgIpc) is 2.87. The Bertz CT molecular complexity index is 935. The number of aryl methyl sites for hydroxylation is 2. The van der Waals surface area contributed by atoms with Gasteiger partial charge in [0.15, 0.2) is 0 Å². The molecule has 3 aromatic heterocycles. The lowest BCUT2D eigenvalue weighted by Gasteiger charge is -2.14. The number of nitrogens with two attached hydrogens (primary N) is 1. The summed E-state index contributed by atoms with van der Waals surface area (Å²) in [6.45, 7) is 14.5. The first-order chi connectivity index (χ1) is 12.3. The predicted octanol–water partition coefficient (Wildman–Crippen LogP) is 4.95. The van der Waals surface area contributed by atoms with Crippen molar-refractivity contribution in [1.82, 2.24) is 14.5 Å². The van der Waals surface area contributed by atoms with Crippen LogP contribution < -0.4 is 5.73 Å². The predicted molar refractivity (Wildman–Crippen MR) is 109 cm³/mol. The minimum absolute atomic E-state index is 0.387. The molecule has 3 heterocycles. The molecule has 3 aromatic rings. The Kier molecular flexibility index (Phi) is 5.15. The summed E-state index contributed by atoms with van der Waals surface area (Å²) in [5.74, 6) is 0.986. The third-order valence-corrected chi connectivity index (χ3v) is 4.82. The van der Waals surface area contributed by atoms with Gasteiger partial charge in [-0.15, -0.1) is 0 Å². The monoisotopic (exact) mass is 350 g/mol. The van der Waals surface area contributed by atoms with E-state index in [4.69, 9.17) is 15.7 Å². The fourth-order valence-corrected chi connectivity index (χ4v) is 3.50. The zero-order chi connectivity index (χ0) is 19.0. The van der Waals surface area contributed by atoms with Gasteiger partial charge in [0, 0.05) is 30.5 Å². The van der Waals surface area contributed by atoms with Gasteiger partial charge >= 0.3 is 0 Å². The van der Waals surface area contributed by atoms with Crippen molar-refractivity contribution in [3.63, 3.8) is 0 Å². The minimum atomic E-state index is 0.387. The van der Waals surface area contributed by atoms with Gasteiger partial charge in [-0.2, -0.15) is 0 Å². The zero-order valence-electron chi connectivity index (χ0n) is 16.8. The lowest BCUT2D eigenvalue weighted by molar-refractivity contribution is 0.535.